The normalized spacial score (nSPS) is 20.7. The van der Waals surface area contributed by atoms with Gasteiger partial charge in [-0.15, -0.1) is 0 Å². The van der Waals surface area contributed by atoms with E-state index in [4.69, 9.17) is 39.9 Å². The van der Waals surface area contributed by atoms with Crippen LogP contribution in [0.2, 0.25) is 15.1 Å². The van der Waals surface area contributed by atoms with E-state index in [0.717, 1.165) is 41.7 Å². The number of rotatable bonds is 3. The van der Waals surface area contributed by atoms with E-state index in [-0.39, 0.29) is 18.0 Å². The molecule has 2 atom stereocenters. The Bertz CT molecular complexity index is 1270. The van der Waals surface area contributed by atoms with Gasteiger partial charge in [0.25, 0.3) is 0 Å². The fraction of sp³-hybridized carbons (Fsp3) is 0.185. The van der Waals surface area contributed by atoms with Crippen LogP contribution in [0, 0.1) is 5.92 Å². The molecular weight excluding hydrogens is 489 g/mol. The molecular formula is C27H22Cl3N3O. The number of carbonyl (C=O) groups excluding carboxylic acids is 1. The highest BCUT2D eigenvalue weighted by Gasteiger charge is 2.43. The lowest BCUT2D eigenvalue weighted by molar-refractivity contribution is 0.188. The number of fused-ring (bicyclic) bond motifs is 1. The van der Waals surface area contributed by atoms with Gasteiger partial charge in [0.1, 0.15) is 0 Å². The van der Waals surface area contributed by atoms with Gasteiger partial charge in [-0.05, 0) is 84.5 Å². The van der Waals surface area contributed by atoms with Gasteiger partial charge in [-0.1, -0.05) is 65.1 Å². The molecule has 0 spiro atoms. The van der Waals surface area contributed by atoms with Gasteiger partial charge < -0.3 is 5.32 Å². The van der Waals surface area contributed by atoms with Crippen LogP contribution in [-0.4, -0.2) is 16.8 Å². The van der Waals surface area contributed by atoms with Crippen molar-refractivity contribution in [3.05, 3.63) is 105 Å². The number of amides is 2. The van der Waals surface area contributed by atoms with Crippen molar-refractivity contribution in [2.24, 2.45) is 11.0 Å². The Balaban J connectivity index is 1.52. The Morgan fingerprint density at radius 1 is 0.941 bits per heavy atom. The van der Waals surface area contributed by atoms with Gasteiger partial charge in [0.2, 0.25) is 0 Å². The molecule has 1 saturated carbocycles. The van der Waals surface area contributed by atoms with E-state index in [1.807, 2.05) is 54.6 Å². The Morgan fingerprint density at radius 2 is 1.65 bits per heavy atom. The number of urea groups is 1. The van der Waals surface area contributed by atoms with Crippen LogP contribution in [0.15, 0.2) is 83.5 Å². The van der Waals surface area contributed by atoms with Crippen molar-refractivity contribution in [3.63, 3.8) is 0 Å². The van der Waals surface area contributed by atoms with E-state index in [1.54, 1.807) is 23.2 Å². The number of hydrazone groups is 1. The number of nitrogens with zero attached hydrogens (tertiary/aromatic N) is 2. The maximum Gasteiger partial charge on any atom is 0.342 e. The summed E-state index contributed by atoms with van der Waals surface area (Å²) in [6, 6.07) is 22.0. The molecule has 172 valence electrons. The summed E-state index contributed by atoms with van der Waals surface area (Å²) in [4.78, 5) is 13.4. The second-order valence-corrected chi connectivity index (χ2v) is 9.80. The van der Waals surface area contributed by atoms with Crippen LogP contribution < -0.4 is 5.32 Å². The van der Waals surface area contributed by atoms with Crippen molar-refractivity contribution in [2.75, 3.05) is 5.32 Å². The first-order valence-electron chi connectivity index (χ1n) is 11.1. The van der Waals surface area contributed by atoms with Gasteiger partial charge in [-0.25, -0.2) is 9.80 Å². The number of hydrogen-bond acceptors (Lipinski definition) is 2. The quantitative estimate of drug-likeness (QED) is 0.377. The molecule has 1 N–H and O–H groups in total. The minimum atomic E-state index is -0.296. The molecule has 0 bridgehead atoms. The number of benzene rings is 3. The van der Waals surface area contributed by atoms with Crippen LogP contribution in [0.5, 0.6) is 0 Å². The first-order chi connectivity index (χ1) is 16.5. The molecule has 1 fully saturated rings. The van der Waals surface area contributed by atoms with Gasteiger partial charge >= 0.3 is 6.03 Å². The summed E-state index contributed by atoms with van der Waals surface area (Å²) >= 11 is 18.3. The lowest BCUT2D eigenvalue weighted by Gasteiger charge is -2.29. The molecule has 2 amide bonds. The number of allylic oxidation sites excluding steroid dienone is 1. The highest BCUT2D eigenvalue weighted by Crippen LogP contribution is 2.44. The molecule has 0 aromatic heterocycles. The summed E-state index contributed by atoms with van der Waals surface area (Å²) in [5.74, 6) is 0.0959. The van der Waals surface area contributed by atoms with Crippen LogP contribution in [0.1, 0.15) is 36.4 Å². The van der Waals surface area contributed by atoms with Crippen molar-refractivity contribution < 1.29 is 4.79 Å². The smallest absolute Gasteiger partial charge is 0.306 e. The minimum absolute atomic E-state index is 0.0959. The number of nitrogens with one attached hydrogen (secondary N) is 1. The van der Waals surface area contributed by atoms with E-state index >= 15 is 0 Å². The maximum atomic E-state index is 13.4. The molecule has 4 nitrogen and oxygen atoms in total. The second-order valence-electron chi connectivity index (χ2n) is 8.49. The second kappa shape index (κ2) is 9.83. The monoisotopic (exact) mass is 509 g/mol. The van der Waals surface area contributed by atoms with E-state index < -0.39 is 0 Å². The lowest BCUT2D eigenvalue weighted by atomic mass is 9.77. The third kappa shape index (κ3) is 4.85. The average molecular weight is 511 g/mol. The Hall–Kier alpha value is -2.79. The first-order valence-corrected chi connectivity index (χ1v) is 12.3. The molecule has 2 aliphatic rings. The van der Waals surface area contributed by atoms with Crippen molar-refractivity contribution >= 4 is 58.3 Å². The van der Waals surface area contributed by atoms with Crippen molar-refractivity contribution in [1.82, 2.24) is 5.01 Å². The molecule has 1 aliphatic heterocycles. The summed E-state index contributed by atoms with van der Waals surface area (Å²) < 4.78 is 0. The van der Waals surface area contributed by atoms with Crippen molar-refractivity contribution in [3.8, 4) is 0 Å². The van der Waals surface area contributed by atoms with Crippen LogP contribution in [-0.2, 0) is 0 Å². The molecule has 5 rings (SSSR count). The number of halogens is 3. The zero-order chi connectivity index (χ0) is 23.7. The predicted octanol–water partition coefficient (Wildman–Crippen LogP) is 8.48. The SMILES string of the molecule is O=C(Nc1cccc(Cl)c1)N1N=C2/C(=C/c3ccc(Cl)cc3)CCCC2C1c1ccc(Cl)cc1. The molecule has 1 aliphatic carbocycles. The summed E-state index contributed by atoms with van der Waals surface area (Å²) in [6.07, 6.45) is 5.04. The number of anilines is 1. The molecule has 3 aromatic carbocycles. The van der Waals surface area contributed by atoms with Gasteiger partial charge in [0, 0.05) is 26.7 Å². The van der Waals surface area contributed by atoms with Crippen LogP contribution in [0.3, 0.4) is 0 Å². The highest BCUT2D eigenvalue weighted by molar-refractivity contribution is 6.31. The molecule has 34 heavy (non-hydrogen) atoms. The molecule has 0 saturated heterocycles. The molecule has 2 unspecified atom stereocenters. The Morgan fingerprint density at radius 3 is 2.35 bits per heavy atom. The third-order valence-electron chi connectivity index (χ3n) is 6.21. The zero-order valence-corrected chi connectivity index (χ0v) is 20.5. The standard InChI is InChI=1S/C27H22Cl3N3O/c28-20-11-7-17(8-12-20)15-19-3-1-6-24-25(19)32-33(26(24)18-9-13-21(29)14-10-18)27(34)31-23-5-2-4-22(30)16-23/h2,4-5,7-16,24,26H,1,3,6H2,(H,31,34)/b19-15+. The number of carbonyl (C=O) groups is 1. The van der Waals surface area contributed by atoms with E-state index in [2.05, 4.69) is 11.4 Å². The zero-order valence-electron chi connectivity index (χ0n) is 18.2. The fourth-order valence-electron chi connectivity index (χ4n) is 4.67. The highest BCUT2D eigenvalue weighted by atomic mass is 35.5. The Kier molecular flexibility index (Phi) is 6.64. The Labute approximate surface area is 213 Å². The summed E-state index contributed by atoms with van der Waals surface area (Å²) in [7, 11) is 0. The molecule has 1 heterocycles. The predicted molar refractivity (Wildman–Crippen MR) is 141 cm³/mol. The van der Waals surface area contributed by atoms with Crippen molar-refractivity contribution in [2.45, 2.75) is 25.3 Å². The largest absolute Gasteiger partial charge is 0.342 e. The summed E-state index contributed by atoms with van der Waals surface area (Å²) in [5.41, 5.74) is 4.80. The number of hydrogen-bond donors (Lipinski definition) is 1. The van der Waals surface area contributed by atoms with Crippen molar-refractivity contribution in [1.29, 1.82) is 0 Å². The van der Waals surface area contributed by atoms with Gasteiger partial charge in [0.15, 0.2) is 0 Å². The molecule has 3 aromatic rings. The van der Waals surface area contributed by atoms with Gasteiger partial charge in [-0.3, -0.25) is 0 Å². The lowest BCUT2D eigenvalue weighted by Crippen LogP contribution is -2.34. The topological polar surface area (TPSA) is 44.7 Å². The molecule has 0 radical (unpaired) electrons. The summed E-state index contributed by atoms with van der Waals surface area (Å²) in [6.45, 7) is 0. The van der Waals surface area contributed by atoms with E-state index in [9.17, 15) is 4.79 Å². The van der Waals surface area contributed by atoms with Crippen LogP contribution in [0.25, 0.3) is 6.08 Å². The van der Waals surface area contributed by atoms with Crippen LogP contribution >= 0.6 is 34.8 Å². The van der Waals surface area contributed by atoms with Crippen LogP contribution in [0.4, 0.5) is 10.5 Å². The van der Waals surface area contributed by atoms with E-state index in [1.165, 1.54) is 0 Å². The fourth-order valence-corrected chi connectivity index (χ4v) is 5.11. The average Bonchev–Trinajstić information content (AvgIpc) is 3.22. The van der Waals surface area contributed by atoms with Gasteiger partial charge in [-0.2, -0.15) is 5.10 Å². The van der Waals surface area contributed by atoms with Gasteiger partial charge in [0.05, 0.1) is 11.8 Å². The maximum absolute atomic E-state index is 13.4. The minimum Gasteiger partial charge on any atom is -0.306 e. The van der Waals surface area contributed by atoms with E-state index in [0.29, 0.717) is 20.8 Å². The summed E-state index contributed by atoms with van der Waals surface area (Å²) in [5, 5.41) is 11.3. The first kappa shape index (κ1) is 23.0. The molecule has 7 heteroatoms. The third-order valence-corrected chi connectivity index (χ3v) is 6.95.